The van der Waals surface area contributed by atoms with Crippen molar-refractivity contribution in [1.82, 2.24) is 0 Å². The summed E-state index contributed by atoms with van der Waals surface area (Å²) in [6, 6.07) is 16.0. The first kappa shape index (κ1) is 21.1. The molecule has 3 N–H and O–H groups in total. The van der Waals surface area contributed by atoms with Crippen LogP contribution in [-0.2, 0) is 16.1 Å². The van der Waals surface area contributed by atoms with E-state index in [1.807, 2.05) is 31.2 Å². The van der Waals surface area contributed by atoms with Gasteiger partial charge in [0, 0.05) is 0 Å². The fraction of sp³-hybridized carbons (Fsp3) is 0.136. The molecule has 154 valence electrons. The van der Waals surface area contributed by atoms with Gasteiger partial charge in [0.1, 0.15) is 17.4 Å². The van der Waals surface area contributed by atoms with Crippen LogP contribution in [0.4, 0.5) is 5.00 Å². The van der Waals surface area contributed by atoms with Crippen LogP contribution in [0.3, 0.4) is 0 Å². The number of rotatable bonds is 8. The van der Waals surface area contributed by atoms with E-state index in [1.54, 1.807) is 29.6 Å². The minimum Gasteiger partial charge on any atom is -0.489 e. The number of amides is 2. The zero-order chi connectivity index (χ0) is 21.5. The number of nitrogens with one attached hydrogen (secondary N) is 1. The molecule has 0 radical (unpaired) electrons. The minimum atomic E-state index is -0.660. The van der Waals surface area contributed by atoms with Crippen molar-refractivity contribution in [3.63, 3.8) is 0 Å². The monoisotopic (exact) mass is 424 g/mol. The maximum Gasteiger partial charge on any atom is 0.338 e. The number of carbonyl (C=O) groups is 3. The molecule has 0 saturated heterocycles. The highest BCUT2D eigenvalue weighted by atomic mass is 32.1. The molecular formula is C22H20N2O5S. The number of nitrogens with two attached hydrogens (primary N) is 1. The molecule has 0 spiro atoms. The third-order valence-corrected chi connectivity index (χ3v) is 4.91. The van der Waals surface area contributed by atoms with Crippen LogP contribution >= 0.6 is 11.3 Å². The van der Waals surface area contributed by atoms with Gasteiger partial charge in [-0.3, -0.25) is 9.59 Å². The Morgan fingerprint density at radius 3 is 2.63 bits per heavy atom. The van der Waals surface area contributed by atoms with Gasteiger partial charge in [-0.2, -0.15) is 0 Å². The van der Waals surface area contributed by atoms with Gasteiger partial charge in [-0.15, -0.1) is 11.3 Å². The molecule has 1 heterocycles. The smallest absolute Gasteiger partial charge is 0.338 e. The number of esters is 1. The molecule has 2 amide bonds. The number of anilines is 1. The molecule has 0 atom stereocenters. The average Bonchev–Trinajstić information content (AvgIpc) is 3.19. The second-order valence-electron chi connectivity index (χ2n) is 6.46. The standard InChI is InChI=1S/C22H20N2O5S/c1-14-4-2-5-15(10-14)12-28-17-7-3-6-16(11-17)22(27)29-13-19(25)24-21-18(20(23)26)8-9-30-21/h2-11H,12-13H2,1H3,(H2,23,26)(H,24,25). The molecule has 2 aromatic carbocycles. The normalized spacial score (nSPS) is 10.3. The van der Waals surface area contributed by atoms with E-state index in [1.165, 1.54) is 6.07 Å². The summed E-state index contributed by atoms with van der Waals surface area (Å²) in [5, 5.41) is 4.45. The Morgan fingerprint density at radius 2 is 1.87 bits per heavy atom. The third kappa shape index (κ3) is 5.68. The Bertz CT molecular complexity index is 1080. The van der Waals surface area contributed by atoms with Crippen molar-refractivity contribution in [2.75, 3.05) is 11.9 Å². The van der Waals surface area contributed by atoms with Gasteiger partial charge in [0.15, 0.2) is 6.61 Å². The summed E-state index contributed by atoms with van der Waals surface area (Å²) in [4.78, 5) is 35.6. The fourth-order valence-electron chi connectivity index (χ4n) is 2.66. The van der Waals surface area contributed by atoms with Crippen LogP contribution in [0.25, 0.3) is 0 Å². The lowest BCUT2D eigenvalue weighted by Gasteiger charge is -2.09. The highest BCUT2D eigenvalue weighted by Gasteiger charge is 2.15. The topological polar surface area (TPSA) is 108 Å². The van der Waals surface area contributed by atoms with Crippen molar-refractivity contribution in [3.8, 4) is 5.75 Å². The van der Waals surface area contributed by atoms with Crippen LogP contribution in [0.15, 0.2) is 60.0 Å². The number of carbonyl (C=O) groups excluding carboxylic acids is 3. The zero-order valence-electron chi connectivity index (χ0n) is 16.2. The van der Waals surface area contributed by atoms with Gasteiger partial charge in [0.05, 0.1) is 11.1 Å². The van der Waals surface area contributed by atoms with Crippen molar-refractivity contribution >= 4 is 34.1 Å². The minimum absolute atomic E-state index is 0.207. The maximum atomic E-state index is 12.3. The van der Waals surface area contributed by atoms with Crippen LogP contribution in [0.2, 0.25) is 0 Å². The van der Waals surface area contributed by atoms with Gasteiger partial charge < -0.3 is 20.5 Å². The van der Waals surface area contributed by atoms with E-state index in [0.29, 0.717) is 17.4 Å². The van der Waals surface area contributed by atoms with E-state index in [4.69, 9.17) is 15.2 Å². The predicted molar refractivity (Wildman–Crippen MR) is 114 cm³/mol. The van der Waals surface area contributed by atoms with E-state index in [9.17, 15) is 14.4 Å². The Morgan fingerprint density at radius 1 is 1.07 bits per heavy atom. The number of primary amides is 1. The van der Waals surface area contributed by atoms with Crippen LogP contribution in [0.5, 0.6) is 5.75 Å². The molecule has 0 aliphatic carbocycles. The Kier molecular flexibility index (Phi) is 6.82. The number of hydrogen-bond acceptors (Lipinski definition) is 6. The van der Waals surface area contributed by atoms with Crippen molar-refractivity contribution in [2.45, 2.75) is 13.5 Å². The summed E-state index contributed by atoms with van der Waals surface area (Å²) >= 11 is 1.15. The number of ether oxygens (including phenoxy) is 2. The van der Waals surface area contributed by atoms with E-state index in [0.717, 1.165) is 22.5 Å². The fourth-order valence-corrected chi connectivity index (χ4v) is 3.47. The molecule has 3 rings (SSSR count). The maximum absolute atomic E-state index is 12.3. The molecule has 0 saturated carbocycles. The SMILES string of the molecule is Cc1cccc(COc2cccc(C(=O)OCC(=O)Nc3sccc3C(N)=O)c2)c1. The van der Waals surface area contributed by atoms with Gasteiger partial charge >= 0.3 is 5.97 Å². The molecule has 0 aliphatic heterocycles. The Labute approximate surface area is 177 Å². The van der Waals surface area contributed by atoms with Crippen LogP contribution in [-0.4, -0.2) is 24.4 Å². The van der Waals surface area contributed by atoms with Gasteiger partial charge in [0.25, 0.3) is 11.8 Å². The Hall–Kier alpha value is -3.65. The Balaban J connectivity index is 1.54. The molecule has 7 nitrogen and oxygen atoms in total. The first-order chi connectivity index (χ1) is 14.4. The van der Waals surface area contributed by atoms with Crippen LogP contribution < -0.4 is 15.8 Å². The molecule has 0 fully saturated rings. The van der Waals surface area contributed by atoms with E-state index in [2.05, 4.69) is 5.32 Å². The second-order valence-corrected chi connectivity index (χ2v) is 7.37. The number of benzene rings is 2. The van der Waals surface area contributed by atoms with Gasteiger partial charge in [-0.25, -0.2) is 4.79 Å². The summed E-state index contributed by atoms with van der Waals surface area (Å²) in [6.45, 7) is 1.87. The van der Waals surface area contributed by atoms with Gasteiger partial charge in [0.2, 0.25) is 0 Å². The third-order valence-electron chi connectivity index (χ3n) is 4.08. The first-order valence-electron chi connectivity index (χ1n) is 9.05. The first-order valence-corrected chi connectivity index (χ1v) is 9.93. The van der Waals surface area contributed by atoms with E-state index >= 15 is 0 Å². The molecule has 0 aliphatic rings. The highest BCUT2D eigenvalue weighted by Crippen LogP contribution is 2.22. The summed E-state index contributed by atoms with van der Waals surface area (Å²) < 4.78 is 10.8. The molecular weight excluding hydrogens is 404 g/mol. The zero-order valence-corrected chi connectivity index (χ0v) is 17.0. The summed E-state index contributed by atoms with van der Waals surface area (Å²) in [7, 11) is 0. The lowest BCUT2D eigenvalue weighted by atomic mass is 10.1. The summed E-state index contributed by atoms with van der Waals surface area (Å²) in [6.07, 6.45) is 0. The summed E-state index contributed by atoms with van der Waals surface area (Å²) in [5.74, 6) is -1.36. The number of aryl methyl sites for hydroxylation is 1. The van der Waals surface area contributed by atoms with Crippen LogP contribution in [0, 0.1) is 6.92 Å². The second kappa shape index (κ2) is 9.71. The van der Waals surface area contributed by atoms with Crippen molar-refractivity contribution in [2.24, 2.45) is 5.73 Å². The van der Waals surface area contributed by atoms with Crippen LogP contribution in [0.1, 0.15) is 31.8 Å². The van der Waals surface area contributed by atoms with Crippen molar-refractivity contribution in [1.29, 1.82) is 0 Å². The molecule has 0 bridgehead atoms. The average molecular weight is 424 g/mol. The molecule has 30 heavy (non-hydrogen) atoms. The molecule has 8 heteroatoms. The van der Waals surface area contributed by atoms with E-state index in [-0.39, 0.29) is 11.1 Å². The number of hydrogen-bond donors (Lipinski definition) is 2. The molecule has 3 aromatic rings. The predicted octanol–water partition coefficient (Wildman–Crippen LogP) is 3.53. The molecule has 1 aromatic heterocycles. The van der Waals surface area contributed by atoms with Crippen molar-refractivity contribution in [3.05, 3.63) is 82.2 Å². The lowest BCUT2D eigenvalue weighted by Crippen LogP contribution is -2.22. The van der Waals surface area contributed by atoms with Gasteiger partial charge in [-0.1, -0.05) is 35.9 Å². The highest BCUT2D eigenvalue weighted by molar-refractivity contribution is 7.14. The summed E-state index contributed by atoms with van der Waals surface area (Å²) in [5.41, 5.74) is 7.86. The lowest BCUT2D eigenvalue weighted by molar-refractivity contribution is -0.119. The number of thiophene rings is 1. The van der Waals surface area contributed by atoms with E-state index < -0.39 is 24.4 Å². The van der Waals surface area contributed by atoms with Crippen molar-refractivity contribution < 1.29 is 23.9 Å². The van der Waals surface area contributed by atoms with Gasteiger partial charge in [-0.05, 0) is 42.1 Å². The largest absolute Gasteiger partial charge is 0.489 e. The molecule has 0 unspecified atom stereocenters. The quantitative estimate of drug-likeness (QED) is 0.538.